The zero-order chi connectivity index (χ0) is 15.4. The number of nitrogens with two attached hydrogens (primary N) is 1. The minimum Gasteiger partial charge on any atom is -0.465 e. The molecule has 0 bridgehead atoms. The molecule has 0 saturated heterocycles. The van der Waals surface area contributed by atoms with Gasteiger partial charge in [0.2, 0.25) is 0 Å². The van der Waals surface area contributed by atoms with Crippen molar-refractivity contribution in [1.82, 2.24) is 0 Å². The first-order chi connectivity index (χ1) is 10.0. The molecule has 6 nitrogen and oxygen atoms in total. The van der Waals surface area contributed by atoms with Gasteiger partial charge < -0.3 is 10.5 Å². The molecule has 0 unspecified atom stereocenters. The van der Waals surface area contributed by atoms with Crippen LogP contribution in [0, 0.1) is 10.1 Å². The second-order valence-electron chi connectivity index (χ2n) is 4.02. The minimum absolute atomic E-state index is 0.0627. The Morgan fingerprint density at radius 3 is 2.67 bits per heavy atom. The number of hydrogen-bond acceptors (Lipinski definition) is 7. The van der Waals surface area contributed by atoms with Crippen molar-refractivity contribution in [3.63, 3.8) is 0 Å². The lowest BCUT2D eigenvalue weighted by atomic mass is 10.3. The molecule has 8 heteroatoms. The number of carbonyl (C=O) groups is 1. The van der Waals surface area contributed by atoms with Crippen molar-refractivity contribution in [3.05, 3.63) is 50.9 Å². The highest BCUT2D eigenvalue weighted by Crippen LogP contribution is 2.31. The Labute approximate surface area is 129 Å². The van der Waals surface area contributed by atoms with Crippen molar-refractivity contribution in [2.75, 3.05) is 12.8 Å². The largest absolute Gasteiger partial charge is 0.465 e. The molecule has 2 rings (SSSR count). The van der Waals surface area contributed by atoms with E-state index in [0.29, 0.717) is 16.3 Å². The summed E-state index contributed by atoms with van der Waals surface area (Å²) in [6.45, 7) is 0. The molecule has 2 aromatic rings. The summed E-state index contributed by atoms with van der Waals surface area (Å²) in [5.41, 5.74) is 6.21. The van der Waals surface area contributed by atoms with E-state index in [9.17, 15) is 14.9 Å². The van der Waals surface area contributed by atoms with E-state index in [0.717, 1.165) is 9.77 Å². The van der Waals surface area contributed by atoms with Gasteiger partial charge in [-0.2, -0.15) is 0 Å². The molecule has 1 heterocycles. The fourth-order valence-corrected chi connectivity index (χ4v) is 3.46. The molecule has 0 aliphatic carbocycles. The van der Waals surface area contributed by atoms with Gasteiger partial charge in [0.1, 0.15) is 5.00 Å². The number of methoxy groups -OCH3 is 1. The first-order valence-electron chi connectivity index (χ1n) is 5.85. The number of hydrogen-bond donors (Lipinski definition) is 1. The number of thiophene rings is 1. The lowest BCUT2D eigenvalue weighted by Crippen LogP contribution is -2.01. The van der Waals surface area contributed by atoms with Crippen molar-refractivity contribution >= 4 is 39.8 Å². The number of nitrogen functional groups attached to an aromatic ring is 1. The average molecular weight is 324 g/mol. The van der Waals surface area contributed by atoms with Crippen LogP contribution in [0.1, 0.15) is 15.2 Å². The summed E-state index contributed by atoms with van der Waals surface area (Å²) in [7, 11) is 1.31. The van der Waals surface area contributed by atoms with Crippen LogP contribution in [0.15, 0.2) is 35.2 Å². The number of esters is 1. The maximum Gasteiger partial charge on any atom is 0.340 e. The van der Waals surface area contributed by atoms with Crippen molar-refractivity contribution in [2.24, 2.45) is 0 Å². The van der Waals surface area contributed by atoms with Gasteiger partial charge in [0.25, 0.3) is 5.69 Å². The Balaban J connectivity index is 2.03. The standard InChI is InChI=1S/C13H12N2O4S2/c1-19-13(16)11-6-10(21-12(11)14)7-20-9-4-2-8(3-5-9)15(17)18/h2-6H,7,14H2,1H3. The molecule has 0 saturated carbocycles. The van der Waals surface area contributed by atoms with Gasteiger partial charge in [-0.1, -0.05) is 0 Å². The predicted molar refractivity (Wildman–Crippen MR) is 82.7 cm³/mol. The van der Waals surface area contributed by atoms with Crippen LogP contribution in [-0.2, 0) is 10.5 Å². The first-order valence-corrected chi connectivity index (χ1v) is 7.65. The van der Waals surface area contributed by atoms with Gasteiger partial charge >= 0.3 is 5.97 Å². The zero-order valence-electron chi connectivity index (χ0n) is 11.1. The third kappa shape index (κ3) is 3.73. The molecule has 0 fully saturated rings. The highest BCUT2D eigenvalue weighted by atomic mass is 32.2. The Kier molecular flexibility index (Phi) is 4.81. The van der Waals surface area contributed by atoms with Gasteiger partial charge in [0, 0.05) is 27.7 Å². The Morgan fingerprint density at radius 1 is 1.43 bits per heavy atom. The lowest BCUT2D eigenvalue weighted by molar-refractivity contribution is -0.384. The number of nitrogens with zero attached hydrogens (tertiary/aromatic N) is 1. The summed E-state index contributed by atoms with van der Waals surface area (Å²) >= 11 is 2.85. The summed E-state index contributed by atoms with van der Waals surface area (Å²) in [6.07, 6.45) is 0. The molecule has 1 aromatic carbocycles. The molecule has 21 heavy (non-hydrogen) atoms. The lowest BCUT2D eigenvalue weighted by Gasteiger charge is -1.99. The van der Waals surface area contributed by atoms with E-state index in [1.54, 1.807) is 18.2 Å². The van der Waals surface area contributed by atoms with Gasteiger partial charge in [-0.15, -0.1) is 23.1 Å². The quantitative estimate of drug-likeness (QED) is 0.392. The molecule has 0 aliphatic heterocycles. The number of rotatable bonds is 5. The van der Waals surface area contributed by atoms with E-state index in [-0.39, 0.29) is 5.69 Å². The fourth-order valence-electron chi connectivity index (χ4n) is 1.62. The summed E-state index contributed by atoms with van der Waals surface area (Å²) in [5.74, 6) is 0.180. The summed E-state index contributed by atoms with van der Waals surface area (Å²) < 4.78 is 4.65. The third-order valence-corrected chi connectivity index (χ3v) is 4.85. The van der Waals surface area contributed by atoms with E-state index >= 15 is 0 Å². The second kappa shape index (κ2) is 6.59. The number of non-ortho nitro benzene ring substituents is 1. The number of benzene rings is 1. The van der Waals surface area contributed by atoms with Crippen LogP contribution in [0.4, 0.5) is 10.7 Å². The van der Waals surface area contributed by atoms with E-state index in [4.69, 9.17) is 5.73 Å². The van der Waals surface area contributed by atoms with Crippen molar-refractivity contribution in [2.45, 2.75) is 10.6 Å². The van der Waals surface area contributed by atoms with Gasteiger partial charge in [0.05, 0.1) is 17.6 Å². The SMILES string of the molecule is COC(=O)c1cc(CSc2ccc([N+](=O)[O-])cc2)sc1N. The number of thioether (sulfide) groups is 1. The monoisotopic (exact) mass is 324 g/mol. The molecule has 0 atom stereocenters. The van der Waals surface area contributed by atoms with E-state index in [2.05, 4.69) is 4.74 Å². The average Bonchev–Trinajstić information content (AvgIpc) is 2.86. The van der Waals surface area contributed by atoms with E-state index in [1.807, 2.05) is 0 Å². The number of carbonyl (C=O) groups excluding carboxylic acids is 1. The number of anilines is 1. The summed E-state index contributed by atoms with van der Waals surface area (Å²) in [5, 5.41) is 11.0. The smallest absolute Gasteiger partial charge is 0.340 e. The van der Waals surface area contributed by atoms with Gasteiger partial charge in [-0.3, -0.25) is 10.1 Å². The van der Waals surface area contributed by atoms with Crippen LogP contribution in [-0.4, -0.2) is 18.0 Å². The maximum atomic E-state index is 11.5. The number of ether oxygens (including phenoxy) is 1. The maximum absolute atomic E-state index is 11.5. The molecule has 0 aliphatic rings. The second-order valence-corrected chi connectivity index (χ2v) is 6.24. The molecule has 110 valence electrons. The first kappa shape index (κ1) is 15.3. The van der Waals surface area contributed by atoms with Gasteiger partial charge in [-0.25, -0.2) is 4.79 Å². The van der Waals surface area contributed by atoms with Crippen LogP contribution < -0.4 is 5.73 Å². The third-order valence-electron chi connectivity index (χ3n) is 2.65. The highest BCUT2D eigenvalue weighted by Gasteiger charge is 2.14. The fraction of sp³-hybridized carbons (Fsp3) is 0.154. The van der Waals surface area contributed by atoms with Crippen LogP contribution in [0.3, 0.4) is 0 Å². The molecule has 0 radical (unpaired) electrons. The van der Waals surface area contributed by atoms with Crippen LogP contribution in [0.2, 0.25) is 0 Å². The number of nitro benzene ring substituents is 1. The van der Waals surface area contributed by atoms with E-state index < -0.39 is 10.9 Å². The van der Waals surface area contributed by atoms with Crippen LogP contribution in [0.5, 0.6) is 0 Å². The molecule has 0 amide bonds. The molecule has 2 N–H and O–H groups in total. The highest BCUT2D eigenvalue weighted by molar-refractivity contribution is 7.98. The minimum atomic E-state index is -0.449. The Hall–Kier alpha value is -2.06. The topological polar surface area (TPSA) is 95.5 Å². The zero-order valence-corrected chi connectivity index (χ0v) is 12.7. The van der Waals surface area contributed by atoms with Crippen molar-refractivity contribution < 1.29 is 14.5 Å². The molecular formula is C13H12N2O4S2. The Morgan fingerprint density at radius 2 is 2.10 bits per heavy atom. The summed E-state index contributed by atoms with van der Waals surface area (Å²) in [6, 6.07) is 8.03. The van der Waals surface area contributed by atoms with Crippen LogP contribution in [0.25, 0.3) is 0 Å². The summed E-state index contributed by atoms with van der Waals surface area (Å²) in [4.78, 5) is 23.4. The molecular weight excluding hydrogens is 312 g/mol. The van der Waals surface area contributed by atoms with E-state index in [1.165, 1.54) is 42.3 Å². The van der Waals surface area contributed by atoms with Crippen molar-refractivity contribution in [1.29, 1.82) is 0 Å². The normalized spacial score (nSPS) is 10.3. The van der Waals surface area contributed by atoms with Gasteiger partial charge in [0.15, 0.2) is 0 Å². The van der Waals surface area contributed by atoms with Gasteiger partial charge in [-0.05, 0) is 18.2 Å². The molecule has 0 spiro atoms. The predicted octanol–water partition coefficient (Wildman–Crippen LogP) is 3.32. The molecule has 1 aromatic heterocycles. The van der Waals surface area contributed by atoms with Crippen molar-refractivity contribution in [3.8, 4) is 0 Å². The number of nitro groups is 1. The Bertz CT molecular complexity index is 667. The van der Waals surface area contributed by atoms with Crippen LogP contribution >= 0.6 is 23.1 Å².